The Labute approximate surface area is 119 Å². The molecule has 1 fully saturated rings. The maximum Gasteiger partial charge on any atom is 0.284 e. The summed E-state index contributed by atoms with van der Waals surface area (Å²) in [7, 11) is 0. The van der Waals surface area contributed by atoms with Crippen LogP contribution >= 0.6 is 0 Å². The summed E-state index contributed by atoms with van der Waals surface area (Å²) in [5, 5.41) is 2.80. The van der Waals surface area contributed by atoms with Crippen molar-refractivity contribution in [2.75, 3.05) is 13.1 Å². The van der Waals surface area contributed by atoms with Gasteiger partial charge in [-0.25, -0.2) is 0 Å². The van der Waals surface area contributed by atoms with Crippen LogP contribution in [0.2, 0.25) is 0 Å². The zero-order chi connectivity index (χ0) is 14.5. The van der Waals surface area contributed by atoms with E-state index in [-0.39, 0.29) is 17.8 Å². The molecule has 0 aromatic rings. The van der Waals surface area contributed by atoms with E-state index in [1.54, 1.807) is 6.20 Å². The Kier molecular flexibility index (Phi) is 4.76. The van der Waals surface area contributed by atoms with Crippen LogP contribution < -0.4 is 11.1 Å². The summed E-state index contributed by atoms with van der Waals surface area (Å²) >= 11 is 0. The highest BCUT2D eigenvalue weighted by Crippen LogP contribution is 2.22. The van der Waals surface area contributed by atoms with Gasteiger partial charge in [0.15, 0.2) is 5.84 Å². The summed E-state index contributed by atoms with van der Waals surface area (Å²) in [6.07, 6.45) is 6.31. The van der Waals surface area contributed by atoms with Gasteiger partial charge in [-0.15, -0.1) is 0 Å². The second-order valence-electron chi connectivity index (χ2n) is 5.28. The van der Waals surface area contributed by atoms with Crippen LogP contribution in [0, 0.1) is 0 Å². The van der Waals surface area contributed by atoms with Gasteiger partial charge in [0.25, 0.3) is 5.91 Å². The molecule has 1 saturated heterocycles. The monoisotopic (exact) mass is 278 g/mol. The molecule has 0 aliphatic carbocycles. The maximum atomic E-state index is 12.1. The van der Waals surface area contributed by atoms with Gasteiger partial charge < -0.3 is 16.0 Å². The zero-order valence-corrected chi connectivity index (χ0v) is 11.9. The van der Waals surface area contributed by atoms with Gasteiger partial charge in [0, 0.05) is 25.7 Å². The number of fused-ring (bicyclic) bond motifs is 1. The number of piperidine rings is 1. The van der Waals surface area contributed by atoms with Crippen molar-refractivity contribution in [3.63, 3.8) is 0 Å². The van der Waals surface area contributed by atoms with E-state index in [0.717, 1.165) is 31.3 Å². The minimum absolute atomic E-state index is 0.0153. The molecular weight excluding hydrogens is 256 g/mol. The number of rotatable bonds is 5. The first-order valence-corrected chi connectivity index (χ1v) is 7.22. The lowest BCUT2D eigenvalue weighted by Gasteiger charge is -2.34. The number of nitrogens with zero attached hydrogens (tertiary/aromatic N) is 2. The minimum Gasteiger partial charge on any atom is -0.363 e. The van der Waals surface area contributed by atoms with Crippen molar-refractivity contribution in [3.8, 4) is 0 Å². The number of unbranched alkanes of at least 4 members (excludes halogenated alkanes) is 2. The molecule has 2 aliphatic rings. The zero-order valence-electron chi connectivity index (χ0n) is 11.9. The largest absolute Gasteiger partial charge is 0.363 e. The van der Waals surface area contributed by atoms with E-state index in [1.165, 1.54) is 0 Å². The number of primary amides is 1. The predicted octanol–water partition coefficient (Wildman–Crippen LogP) is 0.539. The second kappa shape index (κ2) is 6.54. The van der Waals surface area contributed by atoms with E-state index < -0.39 is 5.91 Å². The Morgan fingerprint density at radius 2 is 2.30 bits per heavy atom. The van der Waals surface area contributed by atoms with Crippen molar-refractivity contribution in [2.24, 2.45) is 10.7 Å². The summed E-state index contributed by atoms with van der Waals surface area (Å²) in [4.78, 5) is 29.3. The molecule has 1 atom stereocenters. The number of amides is 2. The number of amidine groups is 1. The lowest BCUT2D eigenvalue weighted by Crippen LogP contribution is -2.46. The number of nitrogens with one attached hydrogen (secondary N) is 1. The summed E-state index contributed by atoms with van der Waals surface area (Å²) in [6.45, 7) is 3.42. The average Bonchev–Trinajstić information content (AvgIpc) is 2.46. The number of carbonyl (C=O) groups is 2. The topological polar surface area (TPSA) is 87.8 Å². The van der Waals surface area contributed by atoms with E-state index in [9.17, 15) is 9.59 Å². The number of hydrogen-bond acceptors (Lipinski definition) is 4. The van der Waals surface area contributed by atoms with Gasteiger partial charge in [0.1, 0.15) is 0 Å². The van der Waals surface area contributed by atoms with E-state index in [0.29, 0.717) is 19.5 Å². The Balaban J connectivity index is 1.90. The van der Waals surface area contributed by atoms with E-state index in [1.807, 2.05) is 4.90 Å². The third kappa shape index (κ3) is 3.37. The van der Waals surface area contributed by atoms with Gasteiger partial charge in [-0.2, -0.15) is 0 Å². The highest BCUT2D eigenvalue weighted by molar-refractivity contribution is 6.37. The summed E-state index contributed by atoms with van der Waals surface area (Å²) in [6, 6.07) is -0.0153. The van der Waals surface area contributed by atoms with Crippen molar-refractivity contribution >= 4 is 17.6 Å². The standard InChI is InChI=1S/C14H22N4O2/c1-2-3-4-5-12(19)18-7-6-11-10(9-18)8-16-14(17-11)13(15)20/h8,11H,2-7,9H2,1H3,(H2,15,20)(H,16,17). The third-order valence-electron chi connectivity index (χ3n) is 3.73. The molecule has 1 unspecified atom stereocenters. The normalized spacial score (nSPS) is 21.4. The molecule has 6 nitrogen and oxygen atoms in total. The summed E-state index contributed by atoms with van der Waals surface area (Å²) < 4.78 is 0. The Bertz CT molecular complexity index is 456. The van der Waals surface area contributed by atoms with Gasteiger partial charge in [-0.05, 0) is 18.4 Å². The number of likely N-dealkylation sites (tertiary alicyclic amines) is 1. The smallest absolute Gasteiger partial charge is 0.284 e. The molecule has 0 aromatic heterocycles. The van der Waals surface area contributed by atoms with Gasteiger partial charge in [0.05, 0.1) is 6.04 Å². The minimum atomic E-state index is -0.543. The first-order valence-electron chi connectivity index (χ1n) is 7.22. The quantitative estimate of drug-likeness (QED) is 0.719. The Morgan fingerprint density at radius 1 is 1.50 bits per heavy atom. The van der Waals surface area contributed by atoms with Crippen LogP contribution in [0.1, 0.15) is 39.0 Å². The molecule has 2 heterocycles. The molecule has 20 heavy (non-hydrogen) atoms. The van der Waals surface area contributed by atoms with Crippen LogP contribution in [0.5, 0.6) is 0 Å². The van der Waals surface area contributed by atoms with Crippen LogP contribution in [0.15, 0.2) is 16.8 Å². The number of carbonyl (C=O) groups excluding carboxylic acids is 2. The van der Waals surface area contributed by atoms with Gasteiger partial charge in [0.2, 0.25) is 5.91 Å². The van der Waals surface area contributed by atoms with Crippen LogP contribution in [0.3, 0.4) is 0 Å². The fraction of sp³-hybridized carbons (Fsp3) is 0.643. The first-order chi connectivity index (χ1) is 9.61. The van der Waals surface area contributed by atoms with Gasteiger partial charge in [-0.3, -0.25) is 14.6 Å². The molecular formula is C14H22N4O2. The summed E-state index contributed by atoms with van der Waals surface area (Å²) in [5.41, 5.74) is 6.25. The molecule has 110 valence electrons. The number of aliphatic imine (C=N–C) groups is 1. The van der Waals surface area contributed by atoms with E-state index in [2.05, 4.69) is 17.2 Å². The molecule has 3 N–H and O–H groups in total. The van der Waals surface area contributed by atoms with E-state index in [4.69, 9.17) is 5.73 Å². The molecule has 0 saturated carbocycles. The van der Waals surface area contributed by atoms with Crippen LogP contribution in [-0.4, -0.2) is 41.7 Å². The SMILES string of the molecule is CCCCCC(=O)N1CCC2N=C(C(N)=O)NC=C2C1. The fourth-order valence-electron chi connectivity index (χ4n) is 2.54. The van der Waals surface area contributed by atoms with Crippen molar-refractivity contribution in [2.45, 2.75) is 45.1 Å². The molecule has 0 aromatic carbocycles. The number of hydrogen-bond donors (Lipinski definition) is 2. The van der Waals surface area contributed by atoms with Crippen molar-refractivity contribution in [1.82, 2.24) is 10.2 Å². The molecule has 6 heteroatoms. The summed E-state index contributed by atoms with van der Waals surface area (Å²) in [5.74, 6) is -0.123. The van der Waals surface area contributed by atoms with Crippen LogP contribution in [0.4, 0.5) is 0 Å². The maximum absolute atomic E-state index is 12.1. The van der Waals surface area contributed by atoms with E-state index >= 15 is 0 Å². The molecule has 2 amide bonds. The fourth-order valence-corrected chi connectivity index (χ4v) is 2.54. The average molecular weight is 278 g/mol. The predicted molar refractivity (Wildman–Crippen MR) is 77.0 cm³/mol. The lowest BCUT2D eigenvalue weighted by atomic mass is 9.98. The lowest BCUT2D eigenvalue weighted by molar-refractivity contribution is -0.131. The molecule has 2 rings (SSSR count). The molecule has 2 aliphatic heterocycles. The van der Waals surface area contributed by atoms with Gasteiger partial charge >= 0.3 is 0 Å². The molecule has 0 spiro atoms. The van der Waals surface area contributed by atoms with Crippen molar-refractivity contribution in [1.29, 1.82) is 0 Å². The Hall–Kier alpha value is -1.85. The molecule has 0 bridgehead atoms. The highest BCUT2D eigenvalue weighted by Gasteiger charge is 2.29. The highest BCUT2D eigenvalue weighted by atomic mass is 16.2. The van der Waals surface area contributed by atoms with Crippen molar-refractivity contribution < 1.29 is 9.59 Å². The number of nitrogens with two attached hydrogens (primary N) is 1. The second-order valence-corrected chi connectivity index (χ2v) is 5.28. The van der Waals surface area contributed by atoms with Crippen LogP contribution in [0.25, 0.3) is 0 Å². The first kappa shape index (κ1) is 14.6. The third-order valence-corrected chi connectivity index (χ3v) is 3.73. The van der Waals surface area contributed by atoms with Crippen molar-refractivity contribution in [3.05, 3.63) is 11.8 Å². The van der Waals surface area contributed by atoms with Gasteiger partial charge in [-0.1, -0.05) is 19.8 Å². The Morgan fingerprint density at radius 3 is 3.00 bits per heavy atom. The molecule has 0 radical (unpaired) electrons. The van der Waals surface area contributed by atoms with Crippen LogP contribution in [-0.2, 0) is 9.59 Å².